The molecule has 1 fully saturated rings. The quantitative estimate of drug-likeness (QED) is 0.895. The third kappa shape index (κ3) is 3.81. The molecule has 1 unspecified atom stereocenters. The Hall–Kier alpha value is -0.900. The molecule has 3 nitrogen and oxygen atoms in total. The van der Waals surface area contributed by atoms with Gasteiger partial charge in [0.2, 0.25) is 0 Å². The summed E-state index contributed by atoms with van der Waals surface area (Å²) in [6.07, 6.45) is 2.54. The van der Waals surface area contributed by atoms with Gasteiger partial charge in [-0.2, -0.15) is 0 Å². The van der Waals surface area contributed by atoms with Gasteiger partial charge in [-0.3, -0.25) is 0 Å². The largest absolute Gasteiger partial charge is 0.323 e. The predicted molar refractivity (Wildman–Crippen MR) is 85.9 cm³/mol. The van der Waals surface area contributed by atoms with E-state index in [1.807, 2.05) is 0 Å². The summed E-state index contributed by atoms with van der Waals surface area (Å²) in [6, 6.07) is 9.28. The lowest BCUT2D eigenvalue weighted by atomic mass is 9.99. The SMILES string of the molecule is CCN1CCC(N(C)CC(N)c2ccccc2C)CC1. The van der Waals surface area contributed by atoms with Crippen LogP contribution in [0, 0.1) is 6.92 Å². The second kappa shape index (κ2) is 7.21. The van der Waals surface area contributed by atoms with Crippen LogP contribution in [0.2, 0.25) is 0 Å². The van der Waals surface area contributed by atoms with Crippen molar-refractivity contribution >= 4 is 0 Å². The molecule has 0 radical (unpaired) electrons. The molecule has 2 N–H and O–H groups in total. The molecular weight excluding hydrogens is 246 g/mol. The Morgan fingerprint density at radius 3 is 2.55 bits per heavy atom. The molecule has 3 heteroatoms. The summed E-state index contributed by atoms with van der Waals surface area (Å²) >= 11 is 0. The Labute approximate surface area is 123 Å². The highest BCUT2D eigenvalue weighted by atomic mass is 15.2. The fourth-order valence-electron chi connectivity index (χ4n) is 3.24. The number of likely N-dealkylation sites (N-methyl/N-ethyl adjacent to an activating group) is 1. The predicted octanol–water partition coefficient (Wildman–Crippen LogP) is 2.41. The van der Waals surface area contributed by atoms with E-state index in [4.69, 9.17) is 5.73 Å². The third-order valence-electron chi connectivity index (χ3n) is 4.70. The average molecular weight is 275 g/mol. The standard InChI is InChI=1S/C17H29N3/c1-4-20-11-9-15(10-12-20)19(3)13-17(18)16-8-6-5-7-14(16)2/h5-8,15,17H,4,9-13,18H2,1-3H3. The molecule has 0 amide bonds. The van der Waals surface area contributed by atoms with Gasteiger partial charge in [0.15, 0.2) is 0 Å². The Bertz CT molecular complexity index is 410. The van der Waals surface area contributed by atoms with Gasteiger partial charge in [-0.1, -0.05) is 31.2 Å². The van der Waals surface area contributed by atoms with Gasteiger partial charge in [0, 0.05) is 18.6 Å². The molecule has 0 bridgehead atoms. The second-order valence-electron chi connectivity index (χ2n) is 6.07. The molecule has 0 aliphatic carbocycles. The van der Waals surface area contributed by atoms with Gasteiger partial charge in [0.1, 0.15) is 0 Å². The Balaban J connectivity index is 1.88. The lowest BCUT2D eigenvalue weighted by Crippen LogP contribution is -2.45. The van der Waals surface area contributed by atoms with Crippen LogP contribution in [0.3, 0.4) is 0 Å². The van der Waals surface area contributed by atoms with E-state index in [1.165, 1.54) is 43.6 Å². The number of nitrogens with zero attached hydrogens (tertiary/aromatic N) is 2. The van der Waals surface area contributed by atoms with Gasteiger partial charge in [-0.15, -0.1) is 0 Å². The van der Waals surface area contributed by atoms with Gasteiger partial charge >= 0.3 is 0 Å². The molecule has 112 valence electrons. The van der Waals surface area contributed by atoms with Crippen LogP contribution in [-0.2, 0) is 0 Å². The van der Waals surface area contributed by atoms with Crippen LogP contribution >= 0.6 is 0 Å². The van der Waals surface area contributed by atoms with Crippen molar-refractivity contribution in [1.29, 1.82) is 0 Å². The first-order valence-electron chi connectivity index (χ1n) is 7.85. The minimum absolute atomic E-state index is 0.116. The fraction of sp³-hybridized carbons (Fsp3) is 0.647. The lowest BCUT2D eigenvalue weighted by molar-refractivity contribution is 0.127. The molecule has 1 saturated heterocycles. The second-order valence-corrected chi connectivity index (χ2v) is 6.07. The maximum atomic E-state index is 6.40. The maximum absolute atomic E-state index is 6.40. The number of hydrogen-bond acceptors (Lipinski definition) is 3. The normalized spacial score (nSPS) is 19.4. The summed E-state index contributed by atoms with van der Waals surface area (Å²) < 4.78 is 0. The molecule has 1 heterocycles. The third-order valence-corrected chi connectivity index (χ3v) is 4.70. The van der Waals surface area contributed by atoms with Crippen molar-refractivity contribution in [3.63, 3.8) is 0 Å². The summed E-state index contributed by atoms with van der Waals surface area (Å²) in [7, 11) is 2.23. The van der Waals surface area contributed by atoms with E-state index in [-0.39, 0.29) is 6.04 Å². The van der Waals surface area contributed by atoms with Crippen molar-refractivity contribution < 1.29 is 0 Å². The zero-order valence-electron chi connectivity index (χ0n) is 13.2. The number of hydrogen-bond donors (Lipinski definition) is 1. The van der Waals surface area contributed by atoms with Crippen LogP contribution in [0.5, 0.6) is 0 Å². The number of piperidine rings is 1. The summed E-state index contributed by atoms with van der Waals surface area (Å²) in [5.41, 5.74) is 8.99. The molecule has 1 aromatic carbocycles. The highest BCUT2D eigenvalue weighted by Gasteiger charge is 2.23. The first-order chi connectivity index (χ1) is 9.61. The van der Waals surface area contributed by atoms with Crippen molar-refractivity contribution in [2.24, 2.45) is 5.73 Å². The Morgan fingerprint density at radius 1 is 1.30 bits per heavy atom. The van der Waals surface area contributed by atoms with E-state index in [1.54, 1.807) is 0 Å². The van der Waals surface area contributed by atoms with E-state index in [2.05, 4.69) is 55.0 Å². The zero-order valence-corrected chi connectivity index (χ0v) is 13.2. The Morgan fingerprint density at radius 2 is 1.95 bits per heavy atom. The maximum Gasteiger partial charge on any atom is 0.0426 e. The molecule has 1 atom stereocenters. The summed E-state index contributed by atoms with van der Waals surface area (Å²) in [4.78, 5) is 5.00. The van der Waals surface area contributed by atoms with Crippen LogP contribution in [0.25, 0.3) is 0 Å². The van der Waals surface area contributed by atoms with Crippen molar-refractivity contribution in [3.05, 3.63) is 35.4 Å². The first kappa shape index (κ1) is 15.5. The van der Waals surface area contributed by atoms with Crippen LogP contribution in [-0.4, -0.2) is 49.1 Å². The van der Waals surface area contributed by atoms with Crippen molar-refractivity contribution in [2.75, 3.05) is 33.2 Å². The van der Waals surface area contributed by atoms with Crippen molar-refractivity contribution in [2.45, 2.75) is 38.8 Å². The van der Waals surface area contributed by atoms with E-state index in [0.717, 1.165) is 6.54 Å². The van der Waals surface area contributed by atoms with Crippen LogP contribution in [0.4, 0.5) is 0 Å². The number of aryl methyl sites for hydroxylation is 1. The number of rotatable bonds is 5. The van der Waals surface area contributed by atoms with E-state index in [0.29, 0.717) is 6.04 Å². The highest BCUT2D eigenvalue weighted by Crippen LogP contribution is 2.20. The van der Waals surface area contributed by atoms with Gasteiger partial charge in [0.05, 0.1) is 0 Å². The smallest absolute Gasteiger partial charge is 0.0426 e. The molecule has 1 aliphatic heterocycles. The van der Waals surface area contributed by atoms with Gasteiger partial charge in [-0.05, 0) is 57.6 Å². The van der Waals surface area contributed by atoms with Gasteiger partial charge in [0.25, 0.3) is 0 Å². The number of nitrogens with two attached hydrogens (primary N) is 1. The summed E-state index contributed by atoms with van der Waals surface area (Å²) in [5, 5.41) is 0. The minimum atomic E-state index is 0.116. The molecule has 1 aromatic rings. The van der Waals surface area contributed by atoms with E-state index in [9.17, 15) is 0 Å². The van der Waals surface area contributed by atoms with Crippen molar-refractivity contribution in [3.8, 4) is 0 Å². The topological polar surface area (TPSA) is 32.5 Å². The first-order valence-corrected chi connectivity index (χ1v) is 7.85. The minimum Gasteiger partial charge on any atom is -0.323 e. The van der Waals surface area contributed by atoms with Crippen LogP contribution in [0.15, 0.2) is 24.3 Å². The van der Waals surface area contributed by atoms with Gasteiger partial charge < -0.3 is 15.5 Å². The molecule has 0 saturated carbocycles. The summed E-state index contributed by atoms with van der Waals surface area (Å²) in [5.74, 6) is 0. The average Bonchev–Trinajstić information content (AvgIpc) is 2.47. The fourth-order valence-corrected chi connectivity index (χ4v) is 3.24. The molecule has 1 aliphatic rings. The molecule has 20 heavy (non-hydrogen) atoms. The van der Waals surface area contributed by atoms with Crippen LogP contribution < -0.4 is 5.73 Å². The lowest BCUT2D eigenvalue weighted by Gasteiger charge is -2.37. The Kier molecular flexibility index (Phi) is 5.58. The number of benzene rings is 1. The molecule has 0 spiro atoms. The molecular formula is C17H29N3. The summed E-state index contributed by atoms with van der Waals surface area (Å²) in [6.45, 7) is 8.98. The van der Waals surface area contributed by atoms with E-state index < -0.39 is 0 Å². The highest BCUT2D eigenvalue weighted by molar-refractivity contribution is 5.28. The number of likely N-dealkylation sites (tertiary alicyclic amines) is 1. The van der Waals surface area contributed by atoms with Crippen LogP contribution in [0.1, 0.15) is 36.9 Å². The van der Waals surface area contributed by atoms with Crippen molar-refractivity contribution in [1.82, 2.24) is 9.80 Å². The van der Waals surface area contributed by atoms with E-state index >= 15 is 0 Å². The molecule has 2 rings (SSSR count). The molecule has 0 aromatic heterocycles. The zero-order chi connectivity index (χ0) is 14.5. The van der Waals surface area contributed by atoms with Gasteiger partial charge in [-0.25, -0.2) is 0 Å². The monoisotopic (exact) mass is 275 g/mol.